The van der Waals surface area contributed by atoms with Crippen LogP contribution < -0.4 is 10.5 Å². The molecule has 2 rings (SSSR count). The molecule has 1 aromatic carbocycles. The van der Waals surface area contributed by atoms with E-state index in [0.717, 1.165) is 12.5 Å². The molecule has 1 atom stereocenters. The molecule has 1 aliphatic rings. The first kappa shape index (κ1) is 15.7. The first-order valence-electron chi connectivity index (χ1n) is 6.44. The maximum absolute atomic E-state index is 12.6. The van der Waals surface area contributed by atoms with E-state index in [1.807, 2.05) is 0 Å². The third kappa shape index (κ3) is 3.14. The second-order valence-electron chi connectivity index (χ2n) is 4.86. The van der Waals surface area contributed by atoms with Crippen LogP contribution in [0.15, 0.2) is 23.1 Å². The molecule has 0 amide bonds. The highest BCUT2D eigenvalue weighted by Crippen LogP contribution is 2.31. The zero-order valence-electron chi connectivity index (χ0n) is 11.6. The van der Waals surface area contributed by atoms with E-state index in [2.05, 4.69) is 0 Å². The van der Waals surface area contributed by atoms with Crippen LogP contribution in [-0.2, 0) is 10.0 Å². The smallest absolute Gasteiger partial charge is 0.293 e. The number of nitro benzene ring substituents is 1. The van der Waals surface area contributed by atoms with Crippen LogP contribution in [0.4, 0.5) is 5.69 Å². The Kier molecular flexibility index (Phi) is 4.45. The number of piperidine rings is 1. The fourth-order valence-electron chi connectivity index (χ4n) is 2.32. The van der Waals surface area contributed by atoms with Gasteiger partial charge in [-0.05, 0) is 25.0 Å². The third-order valence-corrected chi connectivity index (χ3v) is 5.31. The van der Waals surface area contributed by atoms with E-state index >= 15 is 0 Å². The number of methoxy groups -OCH3 is 1. The van der Waals surface area contributed by atoms with Crippen molar-refractivity contribution in [1.29, 1.82) is 0 Å². The van der Waals surface area contributed by atoms with Gasteiger partial charge in [-0.2, -0.15) is 4.31 Å². The fraction of sp³-hybridized carbons (Fsp3) is 0.500. The Bertz CT molecular complexity index is 646. The Hall–Kier alpha value is -1.71. The molecule has 2 N–H and O–H groups in total. The number of nitrogens with two attached hydrogens (primary N) is 1. The molecule has 116 valence electrons. The second-order valence-corrected chi connectivity index (χ2v) is 6.76. The summed E-state index contributed by atoms with van der Waals surface area (Å²) in [6.45, 7) is 0.491. The van der Waals surface area contributed by atoms with Crippen molar-refractivity contribution in [2.45, 2.75) is 23.8 Å². The van der Waals surface area contributed by atoms with E-state index in [0.29, 0.717) is 13.0 Å². The molecule has 0 saturated carbocycles. The van der Waals surface area contributed by atoms with Gasteiger partial charge in [-0.15, -0.1) is 0 Å². The quantitative estimate of drug-likeness (QED) is 0.646. The molecule has 0 radical (unpaired) electrons. The number of sulfonamides is 1. The minimum absolute atomic E-state index is 0.172. The molecule has 8 nitrogen and oxygen atoms in total. The number of hydrogen-bond acceptors (Lipinski definition) is 6. The maximum atomic E-state index is 12.6. The average Bonchev–Trinajstić information content (AvgIpc) is 2.46. The normalized spacial score (nSPS) is 20.2. The number of nitro groups is 1. The van der Waals surface area contributed by atoms with Crippen molar-refractivity contribution in [3.63, 3.8) is 0 Å². The van der Waals surface area contributed by atoms with Gasteiger partial charge in [0.25, 0.3) is 5.69 Å². The van der Waals surface area contributed by atoms with Gasteiger partial charge in [-0.1, -0.05) is 0 Å². The van der Waals surface area contributed by atoms with E-state index in [4.69, 9.17) is 10.5 Å². The van der Waals surface area contributed by atoms with E-state index in [1.54, 1.807) is 0 Å². The summed E-state index contributed by atoms with van der Waals surface area (Å²) in [5.74, 6) is 0.232. The van der Waals surface area contributed by atoms with Crippen LogP contribution in [0.5, 0.6) is 5.75 Å². The summed E-state index contributed by atoms with van der Waals surface area (Å²) in [5, 5.41) is 11.1. The van der Waals surface area contributed by atoms with Crippen LogP contribution in [0.25, 0.3) is 0 Å². The summed E-state index contributed by atoms with van der Waals surface area (Å²) < 4.78 is 31.3. The number of rotatable bonds is 4. The average molecular weight is 315 g/mol. The van der Waals surface area contributed by atoms with Crippen LogP contribution in [0.1, 0.15) is 12.8 Å². The van der Waals surface area contributed by atoms with Crippen molar-refractivity contribution >= 4 is 15.7 Å². The first-order chi connectivity index (χ1) is 9.86. The van der Waals surface area contributed by atoms with Crippen molar-refractivity contribution in [2.24, 2.45) is 5.73 Å². The molecule has 1 fully saturated rings. The number of ether oxygens (including phenoxy) is 1. The highest BCUT2D eigenvalue weighted by Gasteiger charge is 2.34. The van der Waals surface area contributed by atoms with Crippen molar-refractivity contribution in [2.75, 3.05) is 20.2 Å². The van der Waals surface area contributed by atoms with Crippen molar-refractivity contribution in [3.05, 3.63) is 28.3 Å². The molecule has 9 heteroatoms. The molecule has 1 saturated heterocycles. The van der Waals surface area contributed by atoms with Crippen molar-refractivity contribution in [1.82, 2.24) is 4.31 Å². The Morgan fingerprint density at radius 1 is 1.48 bits per heavy atom. The molecular weight excluding hydrogens is 298 g/mol. The Morgan fingerprint density at radius 2 is 2.19 bits per heavy atom. The molecule has 1 aliphatic heterocycles. The molecular formula is C12H17N3O5S. The van der Waals surface area contributed by atoms with Gasteiger partial charge in [0.2, 0.25) is 10.0 Å². The van der Waals surface area contributed by atoms with Crippen molar-refractivity contribution < 1.29 is 18.1 Å². The highest BCUT2D eigenvalue weighted by atomic mass is 32.2. The molecule has 0 aliphatic carbocycles. The van der Waals surface area contributed by atoms with E-state index in [1.165, 1.54) is 23.5 Å². The summed E-state index contributed by atoms with van der Waals surface area (Å²) >= 11 is 0. The van der Waals surface area contributed by atoms with E-state index in [-0.39, 0.29) is 23.2 Å². The van der Waals surface area contributed by atoms with Gasteiger partial charge >= 0.3 is 0 Å². The number of hydrogen-bond donors (Lipinski definition) is 1. The van der Waals surface area contributed by atoms with E-state index in [9.17, 15) is 18.5 Å². The summed E-state index contributed by atoms with van der Waals surface area (Å²) in [5.41, 5.74) is 5.29. The summed E-state index contributed by atoms with van der Waals surface area (Å²) in [7, 11) is -2.58. The Balaban J connectivity index is 2.46. The topological polar surface area (TPSA) is 116 Å². The van der Waals surface area contributed by atoms with Crippen LogP contribution in [0, 0.1) is 10.1 Å². The molecule has 0 aromatic heterocycles. The lowest BCUT2D eigenvalue weighted by Gasteiger charge is -2.29. The molecule has 1 unspecified atom stereocenters. The lowest BCUT2D eigenvalue weighted by molar-refractivity contribution is -0.387. The van der Waals surface area contributed by atoms with Gasteiger partial charge < -0.3 is 10.5 Å². The van der Waals surface area contributed by atoms with Crippen LogP contribution in [0.3, 0.4) is 0 Å². The predicted octanol–water partition coefficient (Wildman–Crippen LogP) is 0.715. The second kappa shape index (κ2) is 5.96. The lowest BCUT2D eigenvalue weighted by atomic mass is 10.1. The molecule has 0 bridgehead atoms. The minimum Gasteiger partial charge on any atom is -0.497 e. The lowest BCUT2D eigenvalue weighted by Crippen LogP contribution is -2.45. The molecule has 1 heterocycles. The Morgan fingerprint density at radius 3 is 2.76 bits per heavy atom. The summed E-state index contributed by atoms with van der Waals surface area (Å²) in [6, 6.07) is 3.46. The number of benzene rings is 1. The standard InChI is InChI=1S/C12H17N3O5S/c1-20-10-4-5-12(11(7-10)15(16)17)21(18,19)14-6-2-3-9(13)8-14/h4-5,7,9H,2-3,6,8,13H2,1H3. The molecule has 0 spiro atoms. The summed E-state index contributed by atoms with van der Waals surface area (Å²) in [4.78, 5) is 10.1. The van der Waals surface area contributed by atoms with Crippen LogP contribution >= 0.6 is 0 Å². The van der Waals surface area contributed by atoms with Gasteiger partial charge in [0, 0.05) is 19.1 Å². The maximum Gasteiger partial charge on any atom is 0.293 e. The van der Waals surface area contributed by atoms with Crippen LogP contribution in [-0.4, -0.2) is 43.9 Å². The molecule has 21 heavy (non-hydrogen) atoms. The van der Waals surface area contributed by atoms with Gasteiger partial charge in [0.15, 0.2) is 4.90 Å². The van der Waals surface area contributed by atoms with E-state index < -0.39 is 20.6 Å². The third-order valence-electron chi connectivity index (χ3n) is 3.40. The van der Waals surface area contributed by atoms with Gasteiger partial charge in [-0.25, -0.2) is 8.42 Å². The monoisotopic (exact) mass is 315 g/mol. The SMILES string of the molecule is COc1ccc(S(=O)(=O)N2CCCC(N)C2)c([N+](=O)[O-])c1. The van der Waals surface area contributed by atoms with Gasteiger partial charge in [-0.3, -0.25) is 10.1 Å². The zero-order chi connectivity index (χ0) is 15.6. The van der Waals surface area contributed by atoms with Crippen LogP contribution in [0.2, 0.25) is 0 Å². The Labute approximate surface area is 122 Å². The minimum atomic E-state index is -3.94. The molecule has 1 aromatic rings. The van der Waals surface area contributed by atoms with Gasteiger partial charge in [0.05, 0.1) is 18.1 Å². The largest absolute Gasteiger partial charge is 0.497 e. The predicted molar refractivity (Wildman–Crippen MR) is 75.6 cm³/mol. The first-order valence-corrected chi connectivity index (χ1v) is 7.88. The highest BCUT2D eigenvalue weighted by molar-refractivity contribution is 7.89. The number of nitrogens with zero attached hydrogens (tertiary/aromatic N) is 2. The summed E-state index contributed by atoms with van der Waals surface area (Å²) in [6.07, 6.45) is 1.39. The fourth-order valence-corrected chi connectivity index (χ4v) is 3.99. The van der Waals surface area contributed by atoms with Crippen molar-refractivity contribution in [3.8, 4) is 5.75 Å². The zero-order valence-corrected chi connectivity index (χ0v) is 12.4. The van der Waals surface area contributed by atoms with Gasteiger partial charge in [0.1, 0.15) is 5.75 Å².